The van der Waals surface area contributed by atoms with Gasteiger partial charge in [0.05, 0.1) is 24.6 Å². The molecule has 7 nitrogen and oxygen atoms in total. The summed E-state index contributed by atoms with van der Waals surface area (Å²) in [4.78, 5) is 38.7. The van der Waals surface area contributed by atoms with Gasteiger partial charge in [0.25, 0.3) is 0 Å². The Morgan fingerprint density at radius 1 is 1.46 bits per heavy atom. The molecule has 24 heavy (non-hydrogen) atoms. The van der Waals surface area contributed by atoms with Crippen LogP contribution in [0.5, 0.6) is 5.75 Å². The van der Waals surface area contributed by atoms with Crippen LogP contribution in [0, 0.1) is 0 Å². The Kier molecular flexibility index (Phi) is 4.62. The number of unbranched alkanes of at least 4 members (excludes halogenated alkanes) is 1. The zero-order valence-corrected chi connectivity index (χ0v) is 13.9. The first-order valence-corrected chi connectivity index (χ1v) is 8.15. The first kappa shape index (κ1) is 16.6. The van der Waals surface area contributed by atoms with Crippen molar-refractivity contribution in [3.8, 4) is 5.75 Å². The zero-order chi connectivity index (χ0) is 17.3. The molecule has 0 amide bonds. The molecule has 1 aliphatic rings. The van der Waals surface area contributed by atoms with Crippen LogP contribution in [0.3, 0.4) is 0 Å². The lowest BCUT2D eigenvalue weighted by molar-refractivity contribution is -0.145. The second kappa shape index (κ2) is 6.68. The molecule has 128 valence electrons. The molecule has 2 heterocycles. The van der Waals surface area contributed by atoms with E-state index in [1.165, 1.54) is 4.57 Å². The fraction of sp³-hybridized carbons (Fsp3) is 0.438. The second-order valence-corrected chi connectivity index (χ2v) is 6.11. The summed E-state index contributed by atoms with van der Waals surface area (Å²) < 4.78 is 12.1. The van der Waals surface area contributed by atoms with E-state index in [1.807, 2.05) is 6.92 Å². The average Bonchev–Trinajstić information content (AvgIpc) is 2.53. The van der Waals surface area contributed by atoms with Gasteiger partial charge in [0.15, 0.2) is 0 Å². The zero-order valence-electron chi connectivity index (χ0n) is 13.1. The van der Waals surface area contributed by atoms with E-state index in [1.54, 1.807) is 12.1 Å². The van der Waals surface area contributed by atoms with Crippen molar-refractivity contribution in [2.75, 3.05) is 13.2 Å². The monoisotopic (exact) mass is 352 g/mol. The van der Waals surface area contributed by atoms with Crippen LogP contribution in [0.4, 0.5) is 0 Å². The molecule has 0 spiro atoms. The van der Waals surface area contributed by atoms with Crippen LogP contribution in [0.2, 0.25) is 5.02 Å². The molecule has 1 unspecified atom stereocenters. The van der Waals surface area contributed by atoms with Crippen molar-refractivity contribution >= 4 is 28.6 Å². The Bertz CT molecular complexity index is 902. The number of rotatable bonds is 5. The van der Waals surface area contributed by atoms with E-state index in [-0.39, 0.29) is 13.0 Å². The molecule has 1 N–H and O–H groups in total. The molecule has 0 aliphatic carbocycles. The minimum absolute atomic E-state index is 0.0375. The quantitative estimate of drug-likeness (QED) is 0.505. The van der Waals surface area contributed by atoms with Crippen molar-refractivity contribution < 1.29 is 14.3 Å². The van der Waals surface area contributed by atoms with E-state index in [0.717, 1.165) is 12.8 Å². The SMILES string of the molecule is CCCCOC(=O)CC1COc2cc(Cl)cc3[nH]c(=O)c(=O)n1c23. The highest BCUT2D eigenvalue weighted by Gasteiger charge is 2.28. The molecule has 1 aliphatic heterocycles. The van der Waals surface area contributed by atoms with E-state index >= 15 is 0 Å². The molecule has 0 saturated heterocycles. The van der Waals surface area contributed by atoms with Crippen LogP contribution < -0.4 is 15.9 Å². The van der Waals surface area contributed by atoms with Gasteiger partial charge in [0, 0.05) is 11.1 Å². The van der Waals surface area contributed by atoms with Gasteiger partial charge < -0.3 is 14.5 Å². The summed E-state index contributed by atoms with van der Waals surface area (Å²) in [7, 11) is 0. The smallest absolute Gasteiger partial charge is 0.317 e. The van der Waals surface area contributed by atoms with Gasteiger partial charge in [-0.2, -0.15) is 0 Å². The minimum atomic E-state index is -0.762. The molecule has 3 rings (SSSR count). The molecule has 1 aromatic carbocycles. The van der Waals surface area contributed by atoms with E-state index < -0.39 is 23.1 Å². The van der Waals surface area contributed by atoms with E-state index in [9.17, 15) is 14.4 Å². The number of carbonyl (C=O) groups excluding carboxylic acids is 1. The van der Waals surface area contributed by atoms with Crippen molar-refractivity contribution in [1.29, 1.82) is 0 Å². The fourth-order valence-corrected chi connectivity index (χ4v) is 2.96. The number of hydrogen-bond acceptors (Lipinski definition) is 5. The predicted octanol–water partition coefficient (Wildman–Crippen LogP) is 2.01. The molecular weight excluding hydrogens is 336 g/mol. The lowest BCUT2D eigenvalue weighted by Gasteiger charge is -2.27. The number of benzene rings is 1. The third-order valence-electron chi connectivity index (χ3n) is 3.90. The first-order chi connectivity index (χ1) is 11.5. The van der Waals surface area contributed by atoms with Gasteiger partial charge in [-0.25, -0.2) is 0 Å². The largest absolute Gasteiger partial charge is 0.489 e. The maximum atomic E-state index is 12.3. The van der Waals surface area contributed by atoms with Gasteiger partial charge in [-0.05, 0) is 12.5 Å². The number of halogens is 1. The lowest BCUT2D eigenvalue weighted by Crippen LogP contribution is -2.42. The van der Waals surface area contributed by atoms with E-state index in [0.29, 0.717) is 28.4 Å². The summed E-state index contributed by atoms with van der Waals surface area (Å²) >= 11 is 6.00. The Morgan fingerprint density at radius 2 is 2.25 bits per heavy atom. The van der Waals surface area contributed by atoms with Crippen molar-refractivity contribution in [2.45, 2.75) is 32.2 Å². The Hall–Kier alpha value is -2.28. The minimum Gasteiger partial charge on any atom is -0.489 e. The van der Waals surface area contributed by atoms with Gasteiger partial charge in [-0.3, -0.25) is 19.0 Å². The summed E-state index contributed by atoms with van der Waals surface area (Å²) in [5.74, 6) is -0.0174. The normalized spacial score (nSPS) is 16.0. The maximum absolute atomic E-state index is 12.3. The van der Waals surface area contributed by atoms with Crippen LogP contribution in [0.15, 0.2) is 21.7 Å². The van der Waals surface area contributed by atoms with Crippen LogP contribution in [0.25, 0.3) is 11.0 Å². The number of carbonyl (C=O) groups is 1. The van der Waals surface area contributed by atoms with Gasteiger partial charge in [0.1, 0.15) is 17.9 Å². The molecule has 1 aromatic heterocycles. The number of aromatic amines is 1. The van der Waals surface area contributed by atoms with Crippen molar-refractivity contribution in [1.82, 2.24) is 9.55 Å². The second-order valence-electron chi connectivity index (χ2n) is 5.67. The third-order valence-corrected chi connectivity index (χ3v) is 4.12. The van der Waals surface area contributed by atoms with Gasteiger partial charge >= 0.3 is 17.1 Å². The Morgan fingerprint density at radius 3 is 3.00 bits per heavy atom. The molecular formula is C16H17ClN2O5. The standard InChI is InChI=1S/C16H17ClN2O5/c1-2-3-4-23-13(20)7-10-8-24-12-6-9(17)5-11-14(12)19(10)16(22)15(21)18-11/h5-6,10H,2-4,7-8H2,1H3,(H,18,21). The molecule has 0 bridgehead atoms. The first-order valence-electron chi connectivity index (χ1n) is 7.77. The number of esters is 1. The van der Waals surface area contributed by atoms with Gasteiger partial charge in [-0.15, -0.1) is 0 Å². The summed E-state index contributed by atoms with van der Waals surface area (Å²) in [5.41, 5.74) is -0.657. The van der Waals surface area contributed by atoms with Crippen LogP contribution >= 0.6 is 11.6 Å². The van der Waals surface area contributed by atoms with Gasteiger partial charge in [0.2, 0.25) is 0 Å². The summed E-state index contributed by atoms with van der Waals surface area (Å²) in [6.45, 7) is 2.43. The number of ether oxygens (including phenoxy) is 2. The van der Waals surface area contributed by atoms with Crippen LogP contribution in [-0.2, 0) is 9.53 Å². The number of nitrogens with one attached hydrogen (secondary N) is 1. The number of nitrogens with zero attached hydrogens (tertiary/aromatic N) is 1. The summed E-state index contributed by atoms with van der Waals surface area (Å²) in [6, 6.07) is 2.53. The highest BCUT2D eigenvalue weighted by Crippen LogP contribution is 2.33. The number of H-pyrrole nitrogens is 1. The summed E-state index contributed by atoms with van der Waals surface area (Å²) in [6.07, 6.45) is 1.66. The molecule has 0 radical (unpaired) electrons. The number of aromatic nitrogens is 2. The molecule has 0 fully saturated rings. The van der Waals surface area contributed by atoms with Crippen molar-refractivity contribution in [3.63, 3.8) is 0 Å². The number of hydrogen-bond donors (Lipinski definition) is 1. The molecule has 0 saturated carbocycles. The van der Waals surface area contributed by atoms with Crippen molar-refractivity contribution in [2.24, 2.45) is 0 Å². The summed E-state index contributed by atoms with van der Waals surface area (Å²) in [5, 5.41) is 0.385. The van der Waals surface area contributed by atoms with E-state index in [2.05, 4.69) is 4.98 Å². The highest BCUT2D eigenvalue weighted by atomic mass is 35.5. The van der Waals surface area contributed by atoms with E-state index in [4.69, 9.17) is 21.1 Å². The molecule has 2 aromatic rings. The van der Waals surface area contributed by atoms with Gasteiger partial charge in [-0.1, -0.05) is 24.9 Å². The van der Waals surface area contributed by atoms with Crippen LogP contribution in [0.1, 0.15) is 32.2 Å². The Labute approximate surface area is 142 Å². The lowest BCUT2D eigenvalue weighted by atomic mass is 10.1. The fourth-order valence-electron chi connectivity index (χ4n) is 2.76. The Balaban J connectivity index is 2.00. The topological polar surface area (TPSA) is 90.4 Å². The predicted molar refractivity (Wildman–Crippen MR) is 88.9 cm³/mol. The maximum Gasteiger partial charge on any atom is 0.317 e. The van der Waals surface area contributed by atoms with Crippen LogP contribution in [-0.4, -0.2) is 28.7 Å². The molecule has 8 heteroatoms. The highest BCUT2D eigenvalue weighted by molar-refractivity contribution is 6.31. The average molecular weight is 353 g/mol. The van der Waals surface area contributed by atoms with Crippen molar-refractivity contribution in [3.05, 3.63) is 37.9 Å². The molecule has 1 atom stereocenters. The third kappa shape index (κ3) is 3.03.